The van der Waals surface area contributed by atoms with Gasteiger partial charge in [-0.25, -0.2) is 0 Å². The largest absolute Gasteiger partial charge is 0.417 e. The van der Waals surface area contributed by atoms with Gasteiger partial charge in [0.25, 0.3) is 0 Å². The lowest BCUT2D eigenvalue weighted by molar-refractivity contribution is -0.137. The van der Waals surface area contributed by atoms with E-state index in [0.29, 0.717) is 24.3 Å². The Balaban J connectivity index is 1.56. The molecule has 176 valence electrons. The summed E-state index contributed by atoms with van der Waals surface area (Å²) in [6, 6.07) is 10.0. The summed E-state index contributed by atoms with van der Waals surface area (Å²) in [5.74, 6) is -1.01. The highest BCUT2D eigenvalue weighted by Crippen LogP contribution is 2.36. The SMILES string of the molecule is CN(CC(=O)Nc1ccc(Cl)c(C(F)(F)F)c1)CC(=O)Nc1ccccc1N1CCCC1=O. The Kier molecular flexibility index (Phi) is 7.60. The van der Waals surface area contributed by atoms with Crippen molar-refractivity contribution in [1.82, 2.24) is 4.90 Å². The van der Waals surface area contributed by atoms with Gasteiger partial charge in [-0.1, -0.05) is 23.7 Å². The summed E-state index contributed by atoms with van der Waals surface area (Å²) in [6.07, 6.45) is -3.45. The van der Waals surface area contributed by atoms with E-state index in [1.54, 1.807) is 29.2 Å². The van der Waals surface area contributed by atoms with E-state index < -0.39 is 28.6 Å². The van der Waals surface area contributed by atoms with Crippen molar-refractivity contribution in [3.63, 3.8) is 0 Å². The molecule has 2 aromatic carbocycles. The number of hydrogen-bond donors (Lipinski definition) is 2. The predicted molar refractivity (Wildman–Crippen MR) is 119 cm³/mol. The average molecular weight is 483 g/mol. The highest BCUT2D eigenvalue weighted by molar-refractivity contribution is 6.31. The normalized spacial score (nSPS) is 14.0. The van der Waals surface area contributed by atoms with Gasteiger partial charge in [-0.2, -0.15) is 13.2 Å². The van der Waals surface area contributed by atoms with E-state index in [4.69, 9.17) is 11.6 Å². The van der Waals surface area contributed by atoms with Crippen LogP contribution in [0.5, 0.6) is 0 Å². The van der Waals surface area contributed by atoms with Gasteiger partial charge >= 0.3 is 6.18 Å². The Bertz CT molecular complexity index is 1060. The monoisotopic (exact) mass is 482 g/mol. The van der Waals surface area contributed by atoms with Gasteiger partial charge in [-0.05, 0) is 43.8 Å². The van der Waals surface area contributed by atoms with Gasteiger partial charge in [0.2, 0.25) is 17.7 Å². The maximum absolute atomic E-state index is 13.0. The molecule has 2 N–H and O–H groups in total. The summed E-state index contributed by atoms with van der Waals surface area (Å²) in [4.78, 5) is 39.8. The Morgan fingerprint density at radius 1 is 1.09 bits per heavy atom. The van der Waals surface area contributed by atoms with E-state index in [1.807, 2.05) is 0 Å². The van der Waals surface area contributed by atoms with E-state index in [0.717, 1.165) is 18.6 Å². The number of hydrogen-bond acceptors (Lipinski definition) is 4. The lowest BCUT2D eigenvalue weighted by Gasteiger charge is -2.21. The fourth-order valence-corrected chi connectivity index (χ4v) is 3.70. The fraction of sp³-hybridized carbons (Fsp3) is 0.318. The minimum absolute atomic E-state index is 0.0126. The van der Waals surface area contributed by atoms with Crippen molar-refractivity contribution < 1.29 is 27.6 Å². The summed E-state index contributed by atoms with van der Waals surface area (Å²) in [5.41, 5.74) is -0.0166. The summed E-state index contributed by atoms with van der Waals surface area (Å²) in [6.45, 7) is 0.195. The molecule has 0 bridgehead atoms. The molecule has 1 aliphatic rings. The van der Waals surface area contributed by atoms with Gasteiger partial charge in [0.15, 0.2) is 0 Å². The number of nitrogens with zero attached hydrogens (tertiary/aromatic N) is 2. The number of carbonyl (C=O) groups excluding carboxylic acids is 3. The van der Waals surface area contributed by atoms with Gasteiger partial charge in [0, 0.05) is 18.7 Å². The van der Waals surface area contributed by atoms with Crippen LogP contribution in [0.2, 0.25) is 5.02 Å². The Labute approximate surface area is 193 Å². The first kappa shape index (κ1) is 24.5. The molecule has 1 fully saturated rings. The Morgan fingerprint density at radius 3 is 2.39 bits per heavy atom. The second-order valence-electron chi connectivity index (χ2n) is 7.63. The highest BCUT2D eigenvalue weighted by atomic mass is 35.5. The molecule has 3 rings (SSSR count). The summed E-state index contributed by atoms with van der Waals surface area (Å²) in [5, 5.41) is 4.65. The molecule has 0 spiro atoms. The smallest absolute Gasteiger partial charge is 0.325 e. The molecule has 0 aliphatic carbocycles. The average Bonchev–Trinajstić information content (AvgIpc) is 3.14. The molecule has 11 heteroatoms. The van der Waals surface area contributed by atoms with Crippen LogP contribution >= 0.6 is 11.6 Å². The Morgan fingerprint density at radius 2 is 1.76 bits per heavy atom. The zero-order valence-corrected chi connectivity index (χ0v) is 18.5. The maximum Gasteiger partial charge on any atom is 0.417 e. The van der Waals surface area contributed by atoms with Crippen molar-refractivity contribution in [2.45, 2.75) is 19.0 Å². The predicted octanol–water partition coefficient (Wildman–Crippen LogP) is 3.99. The standard InChI is InChI=1S/C22H22ClF3N4O3/c1-29(12-19(31)27-14-8-9-16(23)15(11-14)22(24,25)26)13-20(32)28-17-5-2-3-6-18(17)30-10-4-7-21(30)33/h2-3,5-6,8-9,11H,4,7,10,12-13H2,1H3,(H,27,31)(H,28,32). The molecule has 7 nitrogen and oxygen atoms in total. The fourth-order valence-electron chi connectivity index (χ4n) is 3.47. The van der Waals surface area contributed by atoms with Crippen LogP contribution in [0.15, 0.2) is 42.5 Å². The summed E-state index contributed by atoms with van der Waals surface area (Å²) in [7, 11) is 1.53. The van der Waals surface area contributed by atoms with Gasteiger partial charge in [0.1, 0.15) is 0 Å². The van der Waals surface area contributed by atoms with Crippen molar-refractivity contribution in [3.05, 3.63) is 53.1 Å². The van der Waals surface area contributed by atoms with Crippen LogP contribution in [0.1, 0.15) is 18.4 Å². The minimum Gasteiger partial charge on any atom is -0.325 e. The van der Waals surface area contributed by atoms with Crippen molar-refractivity contribution in [3.8, 4) is 0 Å². The van der Waals surface area contributed by atoms with E-state index >= 15 is 0 Å². The summed E-state index contributed by atoms with van der Waals surface area (Å²) < 4.78 is 38.9. The number of amides is 3. The number of alkyl halides is 3. The first-order valence-electron chi connectivity index (χ1n) is 10.1. The lowest BCUT2D eigenvalue weighted by Crippen LogP contribution is -2.36. The van der Waals surface area contributed by atoms with Gasteiger partial charge in [-0.3, -0.25) is 19.3 Å². The number of rotatable bonds is 7. The maximum atomic E-state index is 13.0. The third-order valence-electron chi connectivity index (χ3n) is 4.92. The first-order valence-corrected chi connectivity index (χ1v) is 10.5. The highest BCUT2D eigenvalue weighted by Gasteiger charge is 2.33. The number of benzene rings is 2. The Hall–Kier alpha value is -3.11. The van der Waals surface area contributed by atoms with Crippen LogP contribution in [0.4, 0.5) is 30.2 Å². The van der Waals surface area contributed by atoms with Gasteiger partial charge < -0.3 is 15.5 Å². The molecule has 0 atom stereocenters. The topological polar surface area (TPSA) is 81.8 Å². The van der Waals surface area contributed by atoms with Crippen LogP contribution in [-0.2, 0) is 20.6 Å². The van der Waals surface area contributed by atoms with Crippen LogP contribution in [0.25, 0.3) is 0 Å². The molecular weight excluding hydrogens is 461 g/mol. The van der Waals surface area contributed by atoms with Crippen molar-refractivity contribution in [1.29, 1.82) is 0 Å². The van der Waals surface area contributed by atoms with E-state index in [-0.39, 0.29) is 24.7 Å². The van der Waals surface area contributed by atoms with Crippen molar-refractivity contribution in [2.24, 2.45) is 0 Å². The molecule has 1 heterocycles. The molecule has 1 aliphatic heterocycles. The third kappa shape index (κ3) is 6.45. The molecule has 0 unspecified atom stereocenters. The molecular formula is C22H22ClF3N4O3. The number of carbonyl (C=O) groups is 3. The first-order chi connectivity index (χ1) is 15.5. The molecule has 1 saturated heterocycles. The zero-order chi connectivity index (χ0) is 24.2. The molecule has 0 radical (unpaired) electrons. The number of para-hydroxylation sites is 2. The van der Waals surface area contributed by atoms with E-state index in [9.17, 15) is 27.6 Å². The molecule has 3 amide bonds. The number of nitrogens with one attached hydrogen (secondary N) is 2. The van der Waals surface area contributed by atoms with Crippen LogP contribution < -0.4 is 15.5 Å². The van der Waals surface area contributed by atoms with Crippen LogP contribution in [-0.4, -0.2) is 49.3 Å². The number of likely N-dealkylation sites (N-methyl/N-ethyl adjacent to an activating group) is 1. The zero-order valence-electron chi connectivity index (χ0n) is 17.7. The van der Waals surface area contributed by atoms with E-state index in [2.05, 4.69) is 10.6 Å². The second-order valence-corrected chi connectivity index (χ2v) is 8.03. The molecule has 33 heavy (non-hydrogen) atoms. The van der Waals surface area contributed by atoms with Crippen molar-refractivity contribution in [2.75, 3.05) is 42.2 Å². The van der Waals surface area contributed by atoms with Crippen molar-refractivity contribution >= 4 is 46.4 Å². The summed E-state index contributed by atoms with van der Waals surface area (Å²) >= 11 is 5.58. The van der Waals surface area contributed by atoms with Crippen LogP contribution in [0, 0.1) is 0 Å². The second kappa shape index (κ2) is 10.2. The third-order valence-corrected chi connectivity index (χ3v) is 5.25. The van der Waals surface area contributed by atoms with Gasteiger partial charge in [0.05, 0.1) is 35.1 Å². The minimum atomic E-state index is -4.65. The van der Waals surface area contributed by atoms with E-state index in [1.165, 1.54) is 18.0 Å². The quantitative estimate of drug-likeness (QED) is 0.625. The van der Waals surface area contributed by atoms with Gasteiger partial charge in [-0.15, -0.1) is 0 Å². The molecule has 0 saturated carbocycles. The molecule has 2 aromatic rings. The number of anilines is 3. The molecule has 0 aromatic heterocycles. The van der Waals surface area contributed by atoms with Crippen LogP contribution in [0.3, 0.4) is 0 Å². The lowest BCUT2D eigenvalue weighted by atomic mass is 10.2. The number of halogens is 4.